The fourth-order valence-electron chi connectivity index (χ4n) is 1.71. The Balaban J connectivity index is 1.64. The minimum absolute atomic E-state index is 0.188. The lowest BCUT2D eigenvalue weighted by Gasteiger charge is -2.02. The molecule has 0 radical (unpaired) electrons. The third kappa shape index (κ3) is 3.37. The number of aromatic nitrogens is 2. The first kappa shape index (κ1) is 14.0. The van der Waals surface area contributed by atoms with Crippen LogP contribution in [-0.2, 0) is 6.54 Å². The number of benzene rings is 1. The van der Waals surface area contributed by atoms with Crippen LogP contribution in [0, 0.1) is 0 Å². The smallest absolute Gasteiger partial charge is 0.257 e. The average molecular weight is 364 g/mol. The molecule has 5 nitrogen and oxygen atoms in total. The van der Waals surface area contributed by atoms with Crippen molar-refractivity contribution in [3.63, 3.8) is 0 Å². The number of rotatable bonds is 4. The van der Waals surface area contributed by atoms with Gasteiger partial charge in [0.15, 0.2) is 0 Å². The van der Waals surface area contributed by atoms with E-state index in [9.17, 15) is 4.79 Å². The topological polar surface area (TPSA) is 68.0 Å². The molecule has 0 saturated carbocycles. The third-order valence-electron chi connectivity index (χ3n) is 2.69. The summed E-state index contributed by atoms with van der Waals surface area (Å²) >= 11 is 4.86. The lowest BCUT2D eigenvalue weighted by Crippen LogP contribution is -2.22. The monoisotopic (exact) mass is 363 g/mol. The maximum absolute atomic E-state index is 12.0. The van der Waals surface area contributed by atoms with Crippen molar-refractivity contribution in [1.82, 2.24) is 15.5 Å². The molecule has 3 aromatic rings. The second kappa shape index (κ2) is 6.19. The Hall–Kier alpha value is -1.99. The average Bonchev–Trinajstić information content (AvgIpc) is 3.15. The summed E-state index contributed by atoms with van der Waals surface area (Å²) in [5.41, 5.74) is 0.572. The highest BCUT2D eigenvalue weighted by atomic mass is 79.9. The van der Waals surface area contributed by atoms with Crippen LogP contribution in [0.25, 0.3) is 10.8 Å². The summed E-state index contributed by atoms with van der Waals surface area (Å²) in [6, 6.07) is 11.0. The van der Waals surface area contributed by atoms with Gasteiger partial charge in [-0.25, -0.2) is 0 Å². The molecule has 0 aliphatic heterocycles. The Kier molecular flexibility index (Phi) is 4.12. The lowest BCUT2D eigenvalue weighted by atomic mass is 10.2. The molecule has 0 saturated heterocycles. The van der Waals surface area contributed by atoms with Gasteiger partial charge in [-0.1, -0.05) is 28.1 Å². The first-order chi connectivity index (χ1) is 10.2. The molecule has 7 heteroatoms. The van der Waals surface area contributed by atoms with E-state index in [-0.39, 0.29) is 12.5 Å². The van der Waals surface area contributed by atoms with E-state index in [2.05, 4.69) is 31.4 Å². The van der Waals surface area contributed by atoms with Crippen LogP contribution in [0.1, 0.15) is 16.2 Å². The second-order valence-corrected chi connectivity index (χ2v) is 6.03. The molecule has 0 fully saturated rings. The first-order valence-corrected chi connectivity index (χ1v) is 7.79. The fraction of sp³-hybridized carbons (Fsp3) is 0.0714. The number of nitrogens with zero attached hydrogens (tertiary/aromatic N) is 2. The zero-order chi connectivity index (χ0) is 14.7. The fourth-order valence-corrected chi connectivity index (χ4v) is 2.76. The molecule has 0 bridgehead atoms. The van der Waals surface area contributed by atoms with Crippen molar-refractivity contribution in [3.05, 3.63) is 57.7 Å². The number of nitrogens with one attached hydrogen (secondary N) is 1. The van der Waals surface area contributed by atoms with Crippen molar-refractivity contribution in [2.75, 3.05) is 0 Å². The molecule has 0 unspecified atom stereocenters. The van der Waals surface area contributed by atoms with E-state index in [4.69, 9.17) is 4.42 Å². The van der Waals surface area contributed by atoms with Gasteiger partial charge in [-0.15, -0.1) is 21.5 Å². The highest BCUT2D eigenvalue weighted by Gasteiger charge is 2.11. The van der Waals surface area contributed by atoms with Crippen molar-refractivity contribution >= 4 is 33.2 Å². The second-order valence-electron chi connectivity index (χ2n) is 4.17. The molecular formula is C14H10BrN3O2S. The largest absolute Gasteiger partial charge is 0.418 e. The normalized spacial score (nSPS) is 10.5. The predicted molar refractivity (Wildman–Crippen MR) is 82.9 cm³/mol. The van der Waals surface area contributed by atoms with Crippen molar-refractivity contribution < 1.29 is 9.21 Å². The SMILES string of the molecule is O=C(NCc1nnc(-c2cccs2)o1)c1cccc(Br)c1. The molecule has 106 valence electrons. The van der Waals surface area contributed by atoms with E-state index in [0.29, 0.717) is 17.3 Å². The van der Waals surface area contributed by atoms with Gasteiger partial charge in [-0.2, -0.15) is 0 Å². The van der Waals surface area contributed by atoms with Crippen LogP contribution in [0.4, 0.5) is 0 Å². The number of thiophene rings is 1. The molecule has 21 heavy (non-hydrogen) atoms. The standard InChI is InChI=1S/C14H10BrN3O2S/c15-10-4-1-3-9(7-10)13(19)16-8-12-17-18-14(20-12)11-5-2-6-21-11/h1-7H,8H2,(H,16,19). The predicted octanol–water partition coefficient (Wildman–Crippen LogP) is 3.49. The highest BCUT2D eigenvalue weighted by molar-refractivity contribution is 9.10. The van der Waals surface area contributed by atoms with E-state index in [0.717, 1.165) is 9.35 Å². The van der Waals surface area contributed by atoms with Gasteiger partial charge in [0.1, 0.15) is 0 Å². The van der Waals surface area contributed by atoms with Crippen molar-refractivity contribution in [3.8, 4) is 10.8 Å². The zero-order valence-electron chi connectivity index (χ0n) is 10.7. The van der Waals surface area contributed by atoms with E-state index in [1.165, 1.54) is 11.3 Å². The molecule has 0 spiro atoms. The summed E-state index contributed by atoms with van der Waals surface area (Å²) in [5.74, 6) is 0.658. The van der Waals surface area contributed by atoms with Crippen molar-refractivity contribution in [2.45, 2.75) is 6.54 Å². The van der Waals surface area contributed by atoms with Gasteiger partial charge in [-0.3, -0.25) is 4.79 Å². The van der Waals surface area contributed by atoms with Crippen molar-refractivity contribution in [2.24, 2.45) is 0 Å². The lowest BCUT2D eigenvalue weighted by molar-refractivity contribution is 0.0947. The molecule has 1 N–H and O–H groups in total. The Morgan fingerprint density at radius 1 is 1.29 bits per heavy atom. The maximum Gasteiger partial charge on any atom is 0.257 e. The van der Waals surface area contributed by atoms with Gasteiger partial charge in [-0.05, 0) is 29.6 Å². The summed E-state index contributed by atoms with van der Waals surface area (Å²) in [7, 11) is 0. The van der Waals surface area contributed by atoms with Crippen LogP contribution in [-0.4, -0.2) is 16.1 Å². The van der Waals surface area contributed by atoms with Crippen LogP contribution < -0.4 is 5.32 Å². The number of halogens is 1. The Morgan fingerprint density at radius 2 is 2.19 bits per heavy atom. The number of hydrogen-bond acceptors (Lipinski definition) is 5. The van der Waals surface area contributed by atoms with E-state index < -0.39 is 0 Å². The molecule has 3 rings (SSSR count). The van der Waals surface area contributed by atoms with E-state index in [1.54, 1.807) is 18.2 Å². The molecule has 0 atom stereocenters. The minimum Gasteiger partial charge on any atom is -0.418 e. The van der Waals surface area contributed by atoms with Gasteiger partial charge in [0.2, 0.25) is 5.89 Å². The summed E-state index contributed by atoms with van der Waals surface area (Å²) in [6.07, 6.45) is 0. The number of carbonyl (C=O) groups excluding carboxylic acids is 1. The highest BCUT2D eigenvalue weighted by Crippen LogP contribution is 2.22. The van der Waals surface area contributed by atoms with Gasteiger partial charge >= 0.3 is 0 Å². The third-order valence-corrected chi connectivity index (χ3v) is 4.04. The number of hydrogen-bond donors (Lipinski definition) is 1. The van der Waals surface area contributed by atoms with E-state index in [1.807, 2.05) is 23.6 Å². The summed E-state index contributed by atoms with van der Waals surface area (Å²) in [4.78, 5) is 12.9. The van der Waals surface area contributed by atoms with Gasteiger partial charge in [0.05, 0.1) is 11.4 Å². The molecule has 0 aliphatic carbocycles. The molecule has 0 aliphatic rings. The maximum atomic E-state index is 12.0. The minimum atomic E-state index is -0.188. The Labute approximate surface area is 133 Å². The van der Waals surface area contributed by atoms with Gasteiger partial charge in [0.25, 0.3) is 11.8 Å². The van der Waals surface area contributed by atoms with Crippen LogP contribution in [0.5, 0.6) is 0 Å². The Bertz CT molecular complexity index is 755. The number of carbonyl (C=O) groups is 1. The molecule has 2 aromatic heterocycles. The Morgan fingerprint density at radius 3 is 2.95 bits per heavy atom. The van der Waals surface area contributed by atoms with Crippen molar-refractivity contribution in [1.29, 1.82) is 0 Å². The summed E-state index contributed by atoms with van der Waals surface area (Å²) in [6.45, 7) is 0.198. The van der Waals surface area contributed by atoms with Crippen LogP contribution in [0.2, 0.25) is 0 Å². The molecule has 2 heterocycles. The molecule has 1 aromatic carbocycles. The zero-order valence-corrected chi connectivity index (χ0v) is 13.1. The van der Waals surface area contributed by atoms with Gasteiger partial charge in [0, 0.05) is 10.0 Å². The summed E-state index contributed by atoms with van der Waals surface area (Å²) in [5, 5.41) is 12.6. The van der Waals surface area contributed by atoms with Crippen LogP contribution >= 0.6 is 27.3 Å². The first-order valence-electron chi connectivity index (χ1n) is 6.12. The molecular weight excluding hydrogens is 354 g/mol. The quantitative estimate of drug-likeness (QED) is 0.770. The van der Waals surface area contributed by atoms with Crippen LogP contribution in [0.3, 0.4) is 0 Å². The molecule has 1 amide bonds. The number of amides is 1. The summed E-state index contributed by atoms with van der Waals surface area (Å²) < 4.78 is 6.36. The van der Waals surface area contributed by atoms with Gasteiger partial charge < -0.3 is 9.73 Å². The van der Waals surface area contributed by atoms with E-state index >= 15 is 0 Å². The van der Waals surface area contributed by atoms with Crippen LogP contribution in [0.15, 0.2) is 50.7 Å².